The van der Waals surface area contributed by atoms with Crippen molar-refractivity contribution in [2.24, 2.45) is 0 Å². The second kappa shape index (κ2) is 9.96. The predicted octanol–water partition coefficient (Wildman–Crippen LogP) is 0.972. The van der Waals surface area contributed by atoms with E-state index < -0.39 is 0 Å². The van der Waals surface area contributed by atoms with Crippen LogP contribution in [0.5, 0.6) is 0 Å². The van der Waals surface area contributed by atoms with Gasteiger partial charge in [-0.1, -0.05) is 18.8 Å². The summed E-state index contributed by atoms with van der Waals surface area (Å²) in [6.45, 7) is 3.75. The van der Waals surface area contributed by atoms with E-state index in [0.29, 0.717) is 24.3 Å². The van der Waals surface area contributed by atoms with Crippen LogP contribution in [0.25, 0.3) is 0 Å². The molecule has 2 N–H and O–H groups in total. The van der Waals surface area contributed by atoms with Gasteiger partial charge in [0.1, 0.15) is 6.61 Å². The number of hydrogen-bond acceptors (Lipinski definition) is 4. The summed E-state index contributed by atoms with van der Waals surface area (Å²) in [5, 5.41) is 11.5. The quantitative estimate of drug-likeness (QED) is 0.575. The third-order valence-electron chi connectivity index (χ3n) is 2.47. The van der Waals surface area contributed by atoms with Crippen LogP contribution in [0.15, 0.2) is 18.5 Å². The highest BCUT2D eigenvalue weighted by Crippen LogP contribution is 2.05. The Morgan fingerprint density at radius 1 is 1.50 bits per heavy atom. The van der Waals surface area contributed by atoms with Gasteiger partial charge in [0.05, 0.1) is 11.1 Å². The minimum Gasteiger partial charge on any atom is -0.384 e. The molecule has 0 aliphatic carbocycles. The first-order valence-electron chi connectivity index (χ1n) is 6.69. The van der Waals surface area contributed by atoms with Crippen LogP contribution < -0.4 is 5.32 Å². The number of aromatic nitrogens is 1. The van der Waals surface area contributed by atoms with Gasteiger partial charge in [0, 0.05) is 32.2 Å². The van der Waals surface area contributed by atoms with Gasteiger partial charge in [-0.25, -0.2) is 0 Å². The van der Waals surface area contributed by atoms with Gasteiger partial charge in [-0.2, -0.15) is 0 Å². The topological polar surface area (TPSA) is 71.5 Å². The maximum atomic E-state index is 12.0. The maximum absolute atomic E-state index is 12.0. The first-order chi connectivity index (χ1) is 9.79. The molecule has 1 amide bonds. The van der Waals surface area contributed by atoms with E-state index in [2.05, 4.69) is 29.1 Å². The van der Waals surface area contributed by atoms with Crippen molar-refractivity contribution in [2.45, 2.75) is 19.8 Å². The smallest absolute Gasteiger partial charge is 0.252 e. The number of ether oxygens (including phenoxy) is 1. The molecule has 20 heavy (non-hydrogen) atoms. The van der Waals surface area contributed by atoms with Crippen LogP contribution in [0.1, 0.15) is 35.7 Å². The van der Waals surface area contributed by atoms with Gasteiger partial charge in [0.25, 0.3) is 5.91 Å². The van der Waals surface area contributed by atoms with E-state index in [0.717, 1.165) is 19.4 Å². The van der Waals surface area contributed by atoms with Crippen molar-refractivity contribution in [3.05, 3.63) is 29.6 Å². The number of carbonyl (C=O) groups excluding carboxylic acids is 1. The maximum Gasteiger partial charge on any atom is 0.252 e. The number of carbonyl (C=O) groups is 1. The lowest BCUT2D eigenvalue weighted by Crippen LogP contribution is -2.26. The Morgan fingerprint density at radius 3 is 3.10 bits per heavy atom. The molecule has 0 aromatic carbocycles. The van der Waals surface area contributed by atoms with E-state index in [1.54, 1.807) is 12.3 Å². The van der Waals surface area contributed by atoms with Gasteiger partial charge in [0.2, 0.25) is 0 Å². The van der Waals surface area contributed by atoms with Crippen molar-refractivity contribution >= 4 is 5.91 Å². The van der Waals surface area contributed by atoms with Gasteiger partial charge < -0.3 is 15.2 Å². The Morgan fingerprint density at radius 2 is 2.35 bits per heavy atom. The van der Waals surface area contributed by atoms with Crippen LogP contribution in [-0.2, 0) is 4.74 Å². The summed E-state index contributed by atoms with van der Waals surface area (Å²) in [5.41, 5.74) is 0.983. The molecule has 1 heterocycles. The van der Waals surface area contributed by atoms with Crippen molar-refractivity contribution < 1.29 is 14.6 Å². The van der Waals surface area contributed by atoms with E-state index in [1.807, 2.05) is 0 Å². The fourth-order valence-corrected chi connectivity index (χ4v) is 1.54. The van der Waals surface area contributed by atoms with Crippen LogP contribution in [-0.4, -0.2) is 42.4 Å². The Hall–Kier alpha value is -1.90. The number of rotatable bonds is 7. The number of hydrogen-bond donors (Lipinski definition) is 2. The first-order valence-corrected chi connectivity index (χ1v) is 6.69. The highest BCUT2D eigenvalue weighted by atomic mass is 16.5. The van der Waals surface area contributed by atoms with Crippen LogP contribution in [0.4, 0.5) is 0 Å². The molecule has 0 radical (unpaired) electrons. The fourth-order valence-electron chi connectivity index (χ4n) is 1.54. The summed E-state index contributed by atoms with van der Waals surface area (Å²) >= 11 is 0. The zero-order valence-electron chi connectivity index (χ0n) is 11.7. The fraction of sp³-hybridized carbons (Fsp3) is 0.467. The first kappa shape index (κ1) is 16.2. The van der Waals surface area contributed by atoms with E-state index in [1.165, 1.54) is 6.20 Å². The minimum absolute atomic E-state index is 0.190. The molecule has 0 unspecified atom stereocenters. The third-order valence-corrected chi connectivity index (χ3v) is 2.47. The highest BCUT2D eigenvalue weighted by Gasteiger charge is 2.09. The van der Waals surface area contributed by atoms with Crippen LogP contribution in [0.2, 0.25) is 0 Å². The third kappa shape index (κ3) is 5.83. The molecule has 0 spiro atoms. The average Bonchev–Trinajstić information content (AvgIpc) is 2.48. The van der Waals surface area contributed by atoms with Crippen molar-refractivity contribution in [1.29, 1.82) is 0 Å². The number of amides is 1. The second-order valence-electron chi connectivity index (χ2n) is 4.10. The van der Waals surface area contributed by atoms with Crippen molar-refractivity contribution in [2.75, 3.05) is 26.4 Å². The summed E-state index contributed by atoms with van der Waals surface area (Å²) in [6.07, 6.45) is 4.83. The van der Waals surface area contributed by atoms with Crippen molar-refractivity contribution in [3.63, 3.8) is 0 Å². The largest absolute Gasteiger partial charge is 0.384 e. The van der Waals surface area contributed by atoms with E-state index in [9.17, 15) is 4.79 Å². The number of nitrogens with zero attached hydrogens (tertiary/aromatic N) is 1. The molecule has 1 aromatic rings. The van der Waals surface area contributed by atoms with Crippen molar-refractivity contribution in [1.82, 2.24) is 10.3 Å². The lowest BCUT2D eigenvalue weighted by atomic mass is 10.1. The number of nitrogens with one attached hydrogen (secondary N) is 1. The summed E-state index contributed by atoms with van der Waals surface area (Å²) in [5.74, 6) is 5.04. The predicted molar refractivity (Wildman–Crippen MR) is 76.3 cm³/mol. The minimum atomic E-state index is -0.245. The molecule has 5 nitrogen and oxygen atoms in total. The summed E-state index contributed by atoms with van der Waals surface area (Å²) < 4.78 is 5.34. The highest BCUT2D eigenvalue weighted by molar-refractivity contribution is 5.96. The number of aliphatic hydroxyl groups is 1. The van der Waals surface area contributed by atoms with Crippen LogP contribution in [0.3, 0.4) is 0 Å². The Labute approximate surface area is 119 Å². The Kier molecular flexibility index (Phi) is 8.04. The van der Waals surface area contributed by atoms with Gasteiger partial charge in [0.15, 0.2) is 0 Å². The zero-order chi connectivity index (χ0) is 14.6. The standard InChI is InChI=1S/C15H20N2O3/c1-2-10-20-11-4-7-17-15(19)14-6-8-16-12-13(14)5-3-9-18/h6,8,12,18H,2,4,7,9-11H2,1H3,(H,17,19). The Bertz CT molecular complexity index is 477. The molecule has 0 atom stereocenters. The van der Waals surface area contributed by atoms with Gasteiger partial charge in [-0.15, -0.1) is 0 Å². The van der Waals surface area contributed by atoms with E-state index in [4.69, 9.17) is 9.84 Å². The summed E-state index contributed by atoms with van der Waals surface area (Å²) in [6, 6.07) is 1.62. The van der Waals surface area contributed by atoms with E-state index >= 15 is 0 Å². The molecule has 0 saturated heterocycles. The van der Waals surface area contributed by atoms with Crippen LogP contribution in [0, 0.1) is 11.8 Å². The lowest BCUT2D eigenvalue weighted by Gasteiger charge is -2.07. The van der Waals surface area contributed by atoms with Crippen molar-refractivity contribution in [3.8, 4) is 11.8 Å². The molecule has 108 valence electrons. The summed E-state index contributed by atoms with van der Waals surface area (Å²) in [4.78, 5) is 15.9. The molecule has 0 saturated carbocycles. The molecular weight excluding hydrogens is 256 g/mol. The van der Waals surface area contributed by atoms with Gasteiger partial charge in [-0.05, 0) is 18.9 Å². The lowest BCUT2D eigenvalue weighted by molar-refractivity contribution is 0.0941. The van der Waals surface area contributed by atoms with E-state index in [-0.39, 0.29) is 12.5 Å². The SMILES string of the molecule is CCCOCCCNC(=O)c1ccncc1C#CCO. The molecule has 0 bridgehead atoms. The van der Waals surface area contributed by atoms with Gasteiger partial charge >= 0.3 is 0 Å². The Balaban J connectivity index is 2.47. The van der Waals surface area contributed by atoms with Gasteiger partial charge in [-0.3, -0.25) is 9.78 Å². The van der Waals surface area contributed by atoms with Crippen LogP contribution >= 0.6 is 0 Å². The monoisotopic (exact) mass is 276 g/mol. The number of pyridine rings is 1. The molecule has 5 heteroatoms. The molecule has 0 aliphatic rings. The second-order valence-corrected chi connectivity index (χ2v) is 4.10. The molecule has 1 rings (SSSR count). The molecule has 1 aromatic heterocycles. The molecule has 0 aliphatic heterocycles. The normalized spacial score (nSPS) is 9.70. The molecule has 0 fully saturated rings. The average molecular weight is 276 g/mol. The summed E-state index contributed by atoms with van der Waals surface area (Å²) in [7, 11) is 0. The molecular formula is C15H20N2O3. The zero-order valence-corrected chi connectivity index (χ0v) is 11.7. The number of aliphatic hydroxyl groups excluding tert-OH is 1.